The summed E-state index contributed by atoms with van der Waals surface area (Å²) in [5, 5.41) is 4.48. The summed E-state index contributed by atoms with van der Waals surface area (Å²) < 4.78 is 9.09. The van der Waals surface area contributed by atoms with Gasteiger partial charge in [0.05, 0.1) is 0 Å². The molecule has 0 aliphatic rings. The van der Waals surface area contributed by atoms with E-state index >= 15 is 0 Å². The summed E-state index contributed by atoms with van der Waals surface area (Å²) in [4.78, 5) is 0. The highest BCUT2D eigenvalue weighted by Crippen LogP contribution is 2.01. The lowest BCUT2D eigenvalue weighted by molar-refractivity contribution is 0.620. The zero-order valence-corrected chi connectivity index (χ0v) is 10.8. The fourth-order valence-electron chi connectivity index (χ4n) is 0.866. The molecule has 0 radical (unpaired) electrons. The van der Waals surface area contributed by atoms with Crippen molar-refractivity contribution >= 4 is 45.1 Å². The second-order valence-electron chi connectivity index (χ2n) is 2.28. The standard InChI is InChI=1S/3C2H5.Al.Cl2OS/c3*1-2;;1-4(2)3/h3*1H2,2H3;;. The van der Waals surface area contributed by atoms with Gasteiger partial charge in [0.25, 0.3) is 14.1 Å². The van der Waals surface area contributed by atoms with Crippen LogP contribution in [0.3, 0.4) is 0 Å². The van der Waals surface area contributed by atoms with E-state index < -0.39 is 9.60 Å². The Hall–Kier alpha value is 1.42. The second-order valence-corrected chi connectivity index (χ2v) is 8.98. The minimum absolute atomic E-state index is 0.171. The molecule has 0 heterocycles. The van der Waals surface area contributed by atoms with Crippen LogP contribution in [0.2, 0.25) is 15.8 Å². The van der Waals surface area contributed by atoms with Gasteiger partial charge in [-0.25, -0.2) is 0 Å². The third-order valence-electron chi connectivity index (χ3n) is 1.73. The van der Waals surface area contributed by atoms with Gasteiger partial charge in [0.1, 0.15) is 0 Å². The Bertz CT molecular complexity index is 63.3. The zero-order chi connectivity index (χ0) is 9.28. The molecular formula is C6H15AlCl2OS. The Morgan fingerprint density at radius 3 is 1.27 bits per heavy atom. The van der Waals surface area contributed by atoms with Gasteiger partial charge >= 0.3 is 0 Å². The molecule has 5 heteroatoms. The van der Waals surface area contributed by atoms with Gasteiger partial charge in [-0.2, -0.15) is 0 Å². The van der Waals surface area contributed by atoms with Crippen LogP contribution in [0.5, 0.6) is 0 Å². The molecule has 11 heavy (non-hydrogen) atoms. The maximum atomic E-state index is 9.09. The summed E-state index contributed by atoms with van der Waals surface area (Å²) in [6.45, 7) is 6.97. The first-order valence-corrected chi connectivity index (χ1v) is 9.07. The van der Waals surface area contributed by atoms with Crippen molar-refractivity contribution in [3.05, 3.63) is 0 Å². The molecule has 0 aliphatic heterocycles. The largest absolute Gasteiger partial charge is 0.582 e. The van der Waals surface area contributed by atoms with Gasteiger partial charge in [0.2, 0.25) is 0 Å². The van der Waals surface area contributed by atoms with Crippen molar-refractivity contribution in [3.63, 3.8) is 0 Å². The van der Waals surface area contributed by atoms with E-state index in [4.69, 9.17) is 4.55 Å². The van der Waals surface area contributed by atoms with Gasteiger partial charge in [-0.05, 0) is 0 Å². The molecule has 0 aromatic heterocycles. The maximum absolute atomic E-state index is 9.09. The van der Waals surface area contributed by atoms with E-state index in [0.717, 1.165) is 0 Å². The predicted molar refractivity (Wildman–Crippen MR) is 57.0 cm³/mol. The van der Waals surface area contributed by atoms with Gasteiger partial charge in [-0.15, -0.1) is 0 Å². The first kappa shape index (κ1) is 14.9. The number of halogens is 2. The van der Waals surface area contributed by atoms with Gasteiger partial charge < -0.3 is 4.55 Å². The van der Waals surface area contributed by atoms with Crippen molar-refractivity contribution in [1.82, 2.24) is 0 Å². The summed E-state index contributed by atoms with van der Waals surface area (Å²) in [5.41, 5.74) is 0. The second kappa shape index (κ2) is 11.4. The summed E-state index contributed by atoms with van der Waals surface area (Å²) >= 11 is -0.171. The average molecular weight is 233 g/mol. The number of rotatable bonds is 3. The minimum atomic E-state index is -1.67. The molecule has 0 rings (SSSR count). The molecule has 0 bridgehead atoms. The molecule has 0 saturated carbocycles. The normalized spacial score (nSPS) is 9.00. The molecule has 0 aliphatic carbocycles. The Morgan fingerprint density at radius 1 is 1.09 bits per heavy atom. The lowest BCUT2D eigenvalue weighted by Crippen LogP contribution is -2.04. The molecule has 0 atom stereocenters. The van der Waals surface area contributed by atoms with Gasteiger partial charge in [-0.3, -0.25) is 0 Å². The fourth-order valence-corrected chi connectivity index (χ4v) is 2.60. The molecular weight excluding hydrogens is 218 g/mol. The zero-order valence-electron chi connectivity index (χ0n) is 7.27. The van der Waals surface area contributed by atoms with Crippen LogP contribution in [-0.2, 0) is 9.60 Å². The molecule has 0 aromatic rings. The molecule has 0 amide bonds. The highest BCUT2D eigenvalue weighted by Gasteiger charge is 2.05. The van der Waals surface area contributed by atoms with E-state index in [9.17, 15) is 0 Å². The first-order valence-electron chi connectivity index (χ1n) is 3.82. The molecule has 0 fully saturated rings. The van der Waals surface area contributed by atoms with Crippen molar-refractivity contribution in [2.24, 2.45) is 0 Å². The Labute approximate surface area is 86.0 Å². The monoisotopic (exact) mass is 232 g/mol. The highest BCUT2D eigenvalue weighted by atomic mass is 36.0. The van der Waals surface area contributed by atoms with E-state index in [1.807, 2.05) is 0 Å². The fraction of sp³-hybridized carbons (Fsp3) is 1.00. The van der Waals surface area contributed by atoms with Gasteiger partial charge in [0, 0.05) is 0 Å². The van der Waals surface area contributed by atoms with Crippen molar-refractivity contribution in [1.29, 1.82) is 0 Å². The Kier molecular flexibility index (Phi) is 15.5. The smallest absolute Gasteiger partial charge is 0.261 e. The molecule has 0 spiro atoms. The Morgan fingerprint density at radius 2 is 1.27 bits per heavy atom. The van der Waals surface area contributed by atoms with E-state index in [-0.39, 0.29) is 14.1 Å². The summed E-state index contributed by atoms with van der Waals surface area (Å²) in [6, 6.07) is 0. The van der Waals surface area contributed by atoms with E-state index in [2.05, 4.69) is 42.1 Å². The lowest BCUT2D eigenvalue weighted by atomic mass is 10.9. The van der Waals surface area contributed by atoms with Crippen LogP contribution >= 0.6 is 21.4 Å². The van der Waals surface area contributed by atoms with Crippen molar-refractivity contribution in [2.45, 2.75) is 36.6 Å². The maximum Gasteiger partial charge on any atom is 0.261 e. The molecule has 0 aromatic carbocycles. The van der Waals surface area contributed by atoms with Crippen LogP contribution in [0.25, 0.3) is 0 Å². The molecule has 0 N–H and O–H groups in total. The third-order valence-corrected chi connectivity index (χ3v) is 5.20. The van der Waals surface area contributed by atoms with E-state index in [1.165, 1.54) is 15.8 Å². The van der Waals surface area contributed by atoms with Crippen LogP contribution in [0, 0.1) is 0 Å². The SMILES string of the molecule is C[CH2][Al]([CH2]C)[CH2]C.[O-][S+](Cl)Cl. The number of hydrogen-bond donors (Lipinski definition) is 0. The van der Waals surface area contributed by atoms with Crippen molar-refractivity contribution < 1.29 is 4.55 Å². The molecule has 68 valence electrons. The molecule has 0 unspecified atom stereocenters. The van der Waals surface area contributed by atoms with Crippen LogP contribution < -0.4 is 0 Å². The quantitative estimate of drug-likeness (QED) is 0.539. The van der Waals surface area contributed by atoms with E-state index in [1.54, 1.807) is 0 Å². The van der Waals surface area contributed by atoms with Gasteiger partial charge in [-0.1, -0.05) is 36.6 Å². The van der Waals surface area contributed by atoms with Crippen LogP contribution in [0.15, 0.2) is 0 Å². The predicted octanol–water partition coefficient (Wildman–Crippen LogP) is 3.58. The first-order chi connectivity index (χ1) is 5.08. The minimum Gasteiger partial charge on any atom is -0.582 e. The van der Waals surface area contributed by atoms with E-state index in [0.29, 0.717) is 0 Å². The average Bonchev–Trinajstić information content (AvgIpc) is 1.90. The number of hydrogen-bond acceptors (Lipinski definition) is 1. The topological polar surface area (TPSA) is 23.1 Å². The third kappa shape index (κ3) is 18.4. The van der Waals surface area contributed by atoms with Gasteiger partial charge in [0.15, 0.2) is 31.0 Å². The van der Waals surface area contributed by atoms with Crippen LogP contribution in [-0.4, -0.2) is 18.7 Å². The molecule has 1 nitrogen and oxygen atoms in total. The van der Waals surface area contributed by atoms with Crippen LogP contribution in [0.4, 0.5) is 0 Å². The Balaban J connectivity index is 0. The van der Waals surface area contributed by atoms with Crippen molar-refractivity contribution in [3.8, 4) is 0 Å². The van der Waals surface area contributed by atoms with Crippen LogP contribution in [0.1, 0.15) is 20.8 Å². The summed E-state index contributed by atoms with van der Waals surface area (Å²) in [6.07, 6.45) is 0. The lowest BCUT2D eigenvalue weighted by Gasteiger charge is -1.97. The highest BCUT2D eigenvalue weighted by molar-refractivity contribution is 8.31. The van der Waals surface area contributed by atoms with Crippen molar-refractivity contribution in [2.75, 3.05) is 0 Å². The summed E-state index contributed by atoms with van der Waals surface area (Å²) in [7, 11) is 7.36. The molecule has 0 saturated heterocycles. The summed E-state index contributed by atoms with van der Waals surface area (Å²) in [5.74, 6) is 0.